The molecule has 3 aliphatic heterocycles. The number of aliphatic carboxylic acids is 1. The first-order valence-corrected chi connectivity index (χ1v) is 14.6. The molecule has 3 heterocycles. The lowest BCUT2D eigenvalue weighted by Gasteiger charge is -2.49. The first kappa shape index (κ1) is 29.5. The van der Waals surface area contributed by atoms with Crippen molar-refractivity contribution in [1.82, 2.24) is 24.7 Å². The van der Waals surface area contributed by atoms with Crippen LogP contribution in [0.1, 0.15) is 11.6 Å². The van der Waals surface area contributed by atoms with Gasteiger partial charge in [0, 0.05) is 11.3 Å². The number of carboxylic acid groups (broad SMARTS) is 1. The van der Waals surface area contributed by atoms with Crippen LogP contribution in [0.5, 0.6) is 5.75 Å². The molecule has 7 amide bonds. The molecule has 2 unspecified atom stereocenters. The second-order valence-corrected chi connectivity index (χ2v) is 12.0. The van der Waals surface area contributed by atoms with Crippen LogP contribution in [-0.2, 0) is 29.1 Å². The van der Waals surface area contributed by atoms with Crippen molar-refractivity contribution < 1.29 is 52.1 Å². The Morgan fingerprint density at radius 3 is 2.39 bits per heavy atom. The van der Waals surface area contributed by atoms with Gasteiger partial charge in [-0.05, 0) is 17.7 Å². The summed E-state index contributed by atoms with van der Waals surface area (Å²) in [6, 6.07) is 0.200. The van der Waals surface area contributed by atoms with Gasteiger partial charge < -0.3 is 31.3 Å². The van der Waals surface area contributed by atoms with E-state index < -0.39 is 75.7 Å². The number of imide groups is 1. The number of nitrogens with zero attached hydrogens (tertiary/aromatic N) is 3. The van der Waals surface area contributed by atoms with Crippen molar-refractivity contribution in [1.29, 1.82) is 0 Å². The highest BCUT2D eigenvalue weighted by Crippen LogP contribution is 2.40. The van der Waals surface area contributed by atoms with E-state index in [9.17, 15) is 47.4 Å². The number of carboxylic acids is 1. The van der Waals surface area contributed by atoms with Crippen LogP contribution < -0.4 is 16.4 Å². The van der Waals surface area contributed by atoms with Crippen LogP contribution in [0.4, 0.5) is 14.4 Å². The third-order valence-electron chi connectivity index (χ3n) is 6.31. The molecule has 6 N–H and O–H groups in total. The van der Waals surface area contributed by atoms with E-state index >= 15 is 0 Å². The highest BCUT2D eigenvalue weighted by Gasteiger charge is 2.54. The molecule has 2 fully saturated rings. The number of urea groups is 2. The van der Waals surface area contributed by atoms with Gasteiger partial charge in [-0.3, -0.25) is 14.5 Å². The third kappa shape index (κ3) is 5.85. The van der Waals surface area contributed by atoms with Gasteiger partial charge in [-0.25, -0.2) is 36.8 Å². The number of aromatic hydroxyl groups is 1. The summed E-state index contributed by atoms with van der Waals surface area (Å²) in [5.41, 5.74) is 4.82. The number of phenolic OH excluding ortho intramolecular Hbond substituents is 1. The number of hydrogen-bond donors (Lipinski definition) is 5. The number of amides is 7. The van der Waals surface area contributed by atoms with Gasteiger partial charge in [0.25, 0.3) is 5.91 Å². The van der Waals surface area contributed by atoms with Crippen LogP contribution in [-0.4, -0.2) is 112 Å². The molecular formula is C22H24N6O11S2. The van der Waals surface area contributed by atoms with Gasteiger partial charge >= 0.3 is 24.1 Å². The van der Waals surface area contributed by atoms with Crippen LogP contribution in [0.2, 0.25) is 0 Å². The lowest BCUT2D eigenvalue weighted by atomic mass is 10.0. The van der Waals surface area contributed by atoms with Gasteiger partial charge in [-0.1, -0.05) is 12.1 Å². The van der Waals surface area contributed by atoms with E-state index in [0.29, 0.717) is 9.21 Å². The van der Waals surface area contributed by atoms with Gasteiger partial charge in [0.05, 0.1) is 19.3 Å². The van der Waals surface area contributed by atoms with Crippen LogP contribution in [0.15, 0.2) is 35.5 Å². The molecule has 0 bridgehead atoms. The number of fused-ring (bicyclic) bond motifs is 1. The number of carbonyl (C=O) groups is 6. The fourth-order valence-corrected chi connectivity index (χ4v) is 6.49. The lowest BCUT2D eigenvalue weighted by Crippen LogP contribution is -2.71. The molecule has 0 spiro atoms. The van der Waals surface area contributed by atoms with Crippen molar-refractivity contribution in [3.8, 4) is 5.75 Å². The van der Waals surface area contributed by atoms with Gasteiger partial charge in [-0.2, -0.15) is 0 Å². The van der Waals surface area contributed by atoms with Gasteiger partial charge in [-0.15, -0.1) is 11.8 Å². The van der Waals surface area contributed by atoms with E-state index in [4.69, 9.17) is 5.73 Å². The van der Waals surface area contributed by atoms with E-state index in [1.807, 2.05) is 0 Å². The topological polar surface area (TPSA) is 246 Å². The number of carbonyl (C=O) groups excluding carboxylic acids is 5. The minimum Gasteiger partial charge on any atom is -0.508 e. The second-order valence-electron chi connectivity index (χ2n) is 9.00. The van der Waals surface area contributed by atoms with Crippen LogP contribution in [0.3, 0.4) is 0 Å². The Hall–Kier alpha value is -4.52. The average Bonchev–Trinajstić information content (AvgIpc) is 3.30. The summed E-state index contributed by atoms with van der Waals surface area (Å²) in [5, 5.41) is 23.3. The maximum atomic E-state index is 13.4. The predicted molar refractivity (Wildman–Crippen MR) is 138 cm³/mol. The number of nitrogens with one attached hydrogen (secondary N) is 2. The minimum absolute atomic E-state index is 0.0434. The molecule has 220 valence electrons. The summed E-state index contributed by atoms with van der Waals surface area (Å²) in [6.07, 6.45) is -0.323. The quantitative estimate of drug-likeness (QED) is 0.214. The number of ether oxygens (including phenoxy) is 1. The predicted octanol–water partition coefficient (Wildman–Crippen LogP) is -1.33. The Bertz CT molecular complexity index is 1460. The standard InChI is InChI=1S/C22H24N6O11S2/c1-41(37,38)27-7-6-26(22(27)36)21(35)25-13(10-2-4-12(29)5-3-10)16(30)24-14-17(31)28-15(19(32)33)11(8-39-20(23)34)9-40-18(14)28/h2-5,13-14,18,29H,6-9H2,1H3,(H2,23,34)(H,24,30)(H,25,35)(H,32,33)/t13?,14?,18-/m0/s1. The monoisotopic (exact) mass is 612 g/mol. The van der Waals surface area contributed by atoms with Crippen molar-refractivity contribution >= 4 is 57.7 Å². The zero-order chi connectivity index (χ0) is 30.2. The largest absolute Gasteiger partial charge is 0.508 e. The number of sulfonamides is 1. The summed E-state index contributed by atoms with van der Waals surface area (Å²) in [7, 11) is -3.94. The van der Waals surface area contributed by atoms with E-state index in [1.165, 1.54) is 24.3 Å². The third-order valence-corrected chi connectivity index (χ3v) is 8.79. The molecular weight excluding hydrogens is 588 g/mol. The van der Waals surface area contributed by atoms with E-state index in [2.05, 4.69) is 15.4 Å². The number of nitrogens with two attached hydrogens (primary N) is 1. The Morgan fingerprint density at radius 1 is 1.17 bits per heavy atom. The molecule has 0 radical (unpaired) electrons. The maximum Gasteiger partial charge on any atom is 0.404 e. The van der Waals surface area contributed by atoms with Crippen molar-refractivity contribution in [2.24, 2.45) is 5.73 Å². The average molecular weight is 613 g/mol. The highest BCUT2D eigenvalue weighted by molar-refractivity contribution is 8.00. The number of primary amides is 1. The molecule has 3 aliphatic rings. The summed E-state index contributed by atoms with van der Waals surface area (Å²) >= 11 is 1.10. The molecule has 41 heavy (non-hydrogen) atoms. The summed E-state index contributed by atoms with van der Waals surface area (Å²) < 4.78 is 28.8. The zero-order valence-electron chi connectivity index (χ0n) is 21.2. The molecule has 4 rings (SSSR count). The molecule has 0 aromatic heterocycles. The van der Waals surface area contributed by atoms with Crippen LogP contribution >= 0.6 is 11.8 Å². The lowest BCUT2D eigenvalue weighted by molar-refractivity contribution is -0.151. The van der Waals surface area contributed by atoms with Gasteiger partial charge in [0.2, 0.25) is 15.9 Å². The SMILES string of the molecule is CS(=O)(=O)N1CCN(C(=O)NC(C(=O)NC2C(=O)N3C(C(=O)O)=C(COC(N)=O)CS[C@@H]23)c2ccc(O)cc2)C1=O. The Kier molecular flexibility index (Phi) is 8.02. The maximum absolute atomic E-state index is 13.4. The summed E-state index contributed by atoms with van der Waals surface area (Å²) in [6.45, 7) is -1.00. The Balaban J connectivity index is 1.53. The molecule has 3 atom stereocenters. The number of thioether (sulfide) groups is 1. The highest BCUT2D eigenvalue weighted by atomic mass is 32.2. The zero-order valence-corrected chi connectivity index (χ0v) is 22.8. The minimum atomic E-state index is -3.94. The molecule has 19 heteroatoms. The van der Waals surface area contributed by atoms with Crippen molar-refractivity contribution in [2.75, 3.05) is 31.7 Å². The fraction of sp³-hybridized carbons (Fsp3) is 0.364. The number of rotatable bonds is 8. The number of β-lactam (4-membered cyclic amide) rings is 1. The van der Waals surface area contributed by atoms with Gasteiger partial charge in [0.15, 0.2) is 0 Å². The summed E-state index contributed by atoms with van der Waals surface area (Å²) in [5.74, 6) is -3.24. The normalized spacial score (nSPS) is 21.1. The van der Waals surface area contributed by atoms with Crippen molar-refractivity contribution in [3.05, 3.63) is 41.1 Å². The molecule has 1 aromatic carbocycles. The molecule has 2 saturated heterocycles. The summed E-state index contributed by atoms with van der Waals surface area (Å²) in [4.78, 5) is 76.2. The fourth-order valence-electron chi connectivity index (χ4n) is 4.37. The van der Waals surface area contributed by atoms with Crippen molar-refractivity contribution in [3.63, 3.8) is 0 Å². The Morgan fingerprint density at radius 2 is 1.83 bits per heavy atom. The van der Waals surface area contributed by atoms with Crippen molar-refractivity contribution in [2.45, 2.75) is 17.5 Å². The molecule has 0 saturated carbocycles. The van der Waals surface area contributed by atoms with E-state index in [0.717, 1.165) is 22.9 Å². The molecule has 17 nitrogen and oxygen atoms in total. The number of benzene rings is 1. The Labute approximate surface area is 236 Å². The molecule has 1 aromatic rings. The first-order chi connectivity index (χ1) is 19.2. The van der Waals surface area contributed by atoms with E-state index in [-0.39, 0.29) is 35.7 Å². The smallest absolute Gasteiger partial charge is 0.404 e. The first-order valence-electron chi connectivity index (χ1n) is 11.7. The van der Waals surface area contributed by atoms with Gasteiger partial charge in [0.1, 0.15) is 35.5 Å². The van der Waals surface area contributed by atoms with E-state index in [1.54, 1.807) is 0 Å². The second kappa shape index (κ2) is 11.2. The number of phenols is 1. The molecule has 0 aliphatic carbocycles. The van der Waals surface area contributed by atoms with Crippen LogP contribution in [0, 0.1) is 0 Å². The number of hydrogen-bond acceptors (Lipinski definition) is 11. The van der Waals surface area contributed by atoms with Crippen LogP contribution in [0.25, 0.3) is 0 Å².